The number of hydrogen-bond donors (Lipinski definition) is 1. The zero-order valence-electron chi connectivity index (χ0n) is 18.4. The van der Waals surface area contributed by atoms with Gasteiger partial charge in [-0.1, -0.05) is 17.9 Å². The van der Waals surface area contributed by atoms with Gasteiger partial charge < -0.3 is 15.0 Å². The molecule has 3 rings (SSSR count). The van der Waals surface area contributed by atoms with E-state index in [2.05, 4.69) is 27.9 Å². The van der Waals surface area contributed by atoms with Crippen molar-refractivity contribution >= 4 is 28.8 Å². The number of carbonyl (C=O) groups excluding carboxylic acids is 1. The fraction of sp³-hybridized carbons (Fsp3) is 0.304. The van der Waals surface area contributed by atoms with Gasteiger partial charge in [0.05, 0.1) is 29.0 Å². The van der Waals surface area contributed by atoms with Crippen molar-refractivity contribution in [1.82, 2.24) is 14.5 Å². The van der Waals surface area contributed by atoms with Gasteiger partial charge >= 0.3 is 6.09 Å². The second-order valence-corrected chi connectivity index (χ2v) is 8.18. The molecular weight excluding hydrogens is 392 g/mol. The molecule has 3 aromatic rings. The Hall–Kier alpha value is -4.04. The highest BCUT2D eigenvalue weighted by molar-refractivity contribution is 6.00. The van der Waals surface area contributed by atoms with Crippen LogP contribution in [-0.4, -0.2) is 33.3 Å². The summed E-state index contributed by atoms with van der Waals surface area (Å²) < 4.78 is 7.21. The van der Waals surface area contributed by atoms with Crippen molar-refractivity contribution in [2.75, 3.05) is 17.7 Å². The maximum absolute atomic E-state index is 12.5. The second-order valence-electron chi connectivity index (χ2n) is 8.18. The predicted octanol–water partition coefficient (Wildman–Crippen LogP) is 3.50. The number of pyridine rings is 1. The highest BCUT2D eigenvalue weighted by Gasteiger charge is 2.25. The number of hydrogen-bond acceptors (Lipinski definition) is 6. The monoisotopic (exact) mass is 416 g/mol. The molecule has 0 radical (unpaired) electrons. The van der Waals surface area contributed by atoms with Crippen LogP contribution in [0.15, 0.2) is 24.5 Å². The molecule has 8 heteroatoms. The molecule has 0 spiro atoms. The average molecular weight is 416 g/mol. The van der Waals surface area contributed by atoms with E-state index in [0.29, 0.717) is 27.7 Å². The maximum atomic E-state index is 12.5. The average Bonchev–Trinajstić information content (AvgIpc) is 3.07. The standard InChI is InChI=1S/C23H24N6O2/c1-14-7-8-15(11-16(14)12-24)9-10-17-19-18(26-13-28(19)5)21(27-20(17)25)29(6)22(30)31-23(2,3)4/h7-8,11,13H,1-6H3,(H2,25,27). The third kappa shape index (κ3) is 4.44. The lowest BCUT2D eigenvalue weighted by Gasteiger charge is -2.24. The van der Waals surface area contributed by atoms with E-state index in [1.54, 1.807) is 44.8 Å². The number of benzene rings is 1. The Bertz CT molecular complexity index is 1280. The molecule has 0 fully saturated rings. The Labute approximate surface area is 181 Å². The number of ether oxygens (including phenoxy) is 1. The summed E-state index contributed by atoms with van der Waals surface area (Å²) >= 11 is 0. The van der Waals surface area contributed by atoms with Gasteiger partial charge in [0, 0.05) is 19.7 Å². The van der Waals surface area contributed by atoms with Gasteiger partial charge in [0.15, 0.2) is 5.82 Å². The minimum absolute atomic E-state index is 0.168. The number of nitrogens with two attached hydrogens (primary N) is 1. The van der Waals surface area contributed by atoms with Crippen LogP contribution in [0.25, 0.3) is 11.0 Å². The molecule has 2 heterocycles. The molecular formula is C23H24N6O2. The number of rotatable bonds is 1. The first-order chi connectivity index (χ1) is 14.5. The maximum Gasteiger partial charge on any atom is 0.415 e. The van der Waals surface area contributed by atoms with Crippen molar-refractivity contribution < 1.29 is 9.53 Å². The third-order valence-electron chi connectivity index (χ3n) is 4.54. The topological polar surface area (TPSA) is 110 Å². The van der Waals surface area contributed by atoms with Crippen LogP contribution in [0, 0.1) is 30.1 Å². The summed E-state index contributed by atoms with van der Waals surface area (Å²) in [6.07, 6.45) is 1.05. The number of nitrogens with zero attached hydrogens (tertiary/aromatic N) is 5. The second kappa shape index (κ2) is 8.00. The van der Waals surface area contributed by atoms with Crippen LogP contribution in [0.4, 0.5) is 16.4 Å². The van der Waals surface area contributed by atoms with E-state index >= 15 is 0 Å². The zero-order valence-corrected chi connectivity index (χ0v) is 18.4. The van der Waals surface area contributed by atoms with E-state index in [0.717, 1.165) is 5.56 Å². The molecule has 0 unspecified atom stereocenters. The molecule has 2 N–H and O–H groups in total. The number of nitriles is 1. The van der Waals surface area contributed by atoms with Gasteiger partial charge in [-0.3, -0.25) is 4.90 Å². The first kappa shape index (κ1) is 21.7. The normalized spacial score (nSPS) is 10.9. The smallest absolute Gasteiger partial charge is 0.415 e. The first-order valence-electron chi connectivity index (χ1n) is 9.62. The van der Waals surface area contributed by atoms with E-state index in [1.165, 1.54) is 4.90 Å². The fourth-order valence-electron chi connectivity index (χ4n) is 2.96. The molecule has 1 aromatic carbocycles. The number of anilines is 2. The molecule has 0 aliphatic carbocycles. The molecule has 0 aliphatic heterocycles. The number of amides is 1. The van der Waals surface area contributed by atoms with Crippen LogP contribution < -0.4 is 10.6 Å². The number of imidazole rings is 1. The summed E-state index contributed by atoms with van der Waals surface area (Å²) in [5, 5.41) is 9.24. The molecule has 1 amide bonds. The van der Waals surface area contributed by atoms with Crippen molar-refractivity contribution in [1.29, 1.82) is 5.26 Å². The van der Waals surface area contributed by atoms with Gasteiger partial charge in [-0.05, 0) is 45.4 Å². The zero-order chi connectivity index (χ0) is 22.9. The Morgan fingerprint density at radius 3 is 2.65 bits per heavy atom. The van der Waals surface area contributed by atoms with Crippen molar-refractivity contribution in [3.63, 3.8) is 0 Å². The molecule has 8 nitrogen and oxygen atoms in total. The third-order valence-corrected chi connectivity index (χ3v) is 4.54. The molecule has 158 valence electrons. The van der Waals surface area contributed by atoms with Crippen LogP contribution in [0.2, 0.25) is 0 Å². The van der Waals surface area contributed by atoms with Gasteiger partial charge in [-0.25, -0.2) is 14.8 Å². The molecule has 0 aliphatic rings. The number of carbonyl (C=O) groups is 1. The van der Waals surface area contributed by atoms with Crippen LogP contribution >= 0.6 is 0 Å². The summed E-state index contributed by atoms with van der Waals surface area (Å²) in [5.41, 5.74) is 9.36. The molecule has 2 aromatic heterocycles. The minimum atomic E-state index is -0.651. The SMILES string of the molecule is Cc1ccc(C#Cc2c(N)nc(N(C)C(=O)OC(C)(C)C)c3ncn(C)c23)cc1C#N. The van der Waals surface area contributed by atoms with Crippen molar-refractivity contribution in [3.8, 4) is 17.9 Å². The Kier molecular flexibility index (Phi) is 5.59. The van der Waals surface area contributed by atoms with Crippen LogP contribution in [0.5, 0.6) is 0 Å². The molecule has 0 saturated carbocycles. The van der Waals surface area contributed by atoms with Gasteiger partial charge in [-0.2, -0.15) is 5.26 Å². The van der Waals surface area contributed by atoms with Crippen molar-refractivity contribution in [2.24, 2.45) is 7.05 Å². The quantitative estimate of drug-likeness (QED) is 0.608. The van der Waals surface area contributed by atoms with Gasteiger partial charge in [-0.15, -0.1) is 0 Å². The van der Waals surface area contributed by atoms with Crippen molar-refractivity contribution in [3.05, 3.63) is 46.8 Å². The lowest BCUT2D eigenvalue weighted by Crippen LogP contribution is -2.34. The predicted molar refractivity (Wildman–Crippen MR) is 119 cm³/mol. The van der Waals surface area contributed by atoms with Crippen LogP contribution in [0.3, 0.4) is 0 Å². The van der Waals surface area contributed by atoms with Gasteiger partial charge in [0.2, 0.25) is 0 Å². The molecule has 0 saturated heterocycles. The van der Waals surface area contributed by atoms with Crippen LogP contribution in [0.1, 0.15) is 43.0 Å². The van der Waals surface area contributed by atoms with E-state index in [1.807, 2.05) is 26.1 Å². The lowest BCUT2D eigenvalue weighted by atomic mass is 10.1. The first-order valence-corrected chi connectivity index (χ1v) is 9.62. The van der Waals surface area contributed by atoms with E-state index in [9.17, 15) is 10.1 Å². The van der Waals surface area contributed by atoms with Crippen LogP contribution in [-0.2, 0) is 11.8 Å². The fourth-order valence-corrected chi connectivity index (χ4v) is 2.96. The largest absolute Gasteiger partial charge is 0.443 e. The highest BCUT2D eigenvalue weighted by Crippen LogP contribution is 2.29. The highest BCUT2D eigenvalue weighted by atomic mass is 16.6. The Morgan fingerprint density at radius 1 is 1.29 bits per heavy atom. The molecule has 0 atom stereocenters. The number of nitrogen functional groups attached to an aromatic ring is 1. The number of aryl methyl sites for hydroxylation is 2. The number of aromatic nitrogens is 3. The lowest BCUT2D eigenvalue weighted by molar-refractivity contribution is 0.0588. The summed E-state index contributed by atoms with van der Waals surface area (Å²) in [6.45, 7) is 7.24. The number of fused-ring (bicyclic) bond motifs is 1. The summed E-state index contributed by atoms with van der Waals surface area (Å²) in [5.74, 6) is 6.56. The van der Waals surface area contributed by atoms with Gasteiger partial charge in [0.25, 0.3) is 0 Å². The summed E-state index contributed by atoms with van der Waals surface area (Å²) in [4.78, 5) is 22.6. The molecule has 0 bridgehead atoms. The van der Waals surface area contributed by atoms with E-state index in [4.69, 9.17) is 10.5 Å². The van der Waals surface area contributed by atoms with Crippen molar-refractivity contribution in [2.45, 2.75) is 33.3 Å². The Morgan fingerprint density at radius 2 is 2.00 bits per heavy atom. The summed E-state index contributed by atoms with van der Waals surface area (Å²) in [6, 6.07) is 7.59. The van der Waals surface area contributed by atoms with E-state index < -0.39 is 11.7 Å². The Balaban J connectivity index is 2.10. The van der Waals surface area contributed by atoms with Gasteiger partial charge in [0.1, 0.15) is 16.9 Å². The van der Waals surface area contributed by atoms with E-state index in [-0.39, 0.29) is 11.6 Å². The minimum Gasteiger partial charge on any atom is -0.443 e. The molecule has 31 heavy (non-hydrogen) atoms. The summed E-state index contributed by atoms with van der Waals surface area (Å²) in [7, 11) is 3.38.